The van der Waals surface area contributed by atoms with E-state index in [9.17, 15) is 0 Å². The summed E-state index contributed by atoms with van der Waals surface area (Å²) in [6.07, 6.45) is 2.16. The van der Waals surface area contributed by atoms with Crippen molar-refractivity contribution in [1.29, 1.82) is 0 Å². The quantitative estimate of drug-likeness (QED) is 0.830. The van der Waals surface area contributed by atoms with Crippen molar-refractivity contribution in [2.75, 3.05) is 6.54 Å². The van der Waals surface area contributed by atoms with Crippen molar-refractivity contribution < 1.29 is 0 Å². The first-order valence-electron chi connectivity index (χ1n) is 6.12. The second-order valence-corrected chi connectivity index (χ2v) is 5.71. The highest BCUT2D eigenvalue weighted by Gasteiger charge is 2.24. The Morgan fingerprint density at radius 1 is 1.25 bits per heavy atom. The monoisotopic (exact) mass is 241 g/mol. The summed E-state index contributed by atoms with van der Waals surface area (Å²) in [5.74, 6) is 0. The molecule has 0 radical (unpaired) electrons. The summed E-state index contributed by atoms with van der Waals surface area (Å²) in [7, 11) is 0. The lowest BCUT2D eigenvalue weighted by Crippen LogP contribution is -2.19. The van der Waals surface area contributed by atoms with Gasteiger partial charge in [-0.25, -0.2) is 0 Å². The average Bonchev–Trinajstić information content (AvgIpc) is 2.75. The van der Waals surface area contributed by atoms with Gasteiger partial charge in [0, 0.05) is 5.41 Å². The van der Waals surface area contributed by atoms with Crippen molar-refractivity contribution in [1.82, 2.24) is 15.5 Å². The van der Waals surface area contributed by atoms with Crippen LogP contribution >= 0.6 is 11.3 Å². The van der Waals surface area contributed by atoms with Crippen LogP contribution in [0.15, 0.2) is 0 Å². The third-order valence-electron chi connectivity index (χ3n) is 3.06. The lowest BCUT2D eigenvalue weighted by atomic mass is 9.91. The fourth-order valence-corrected chi connectivity index (χ4v) is 2.63. The lowest BCUT2D eigenvalue weighted by Gasteiger charge is -2.18. The predicted octanol–water partition coefficient (Wildman–Crippen LogP) is 3.29. The number of hydrogen-bond acceptors (Lipinski definition) is 4. The van der Waals surface area contributed by atoms with Gasteiger partial charge < -0.3 is 5.32 Å². The van der Waals surface area contributed by atoms with Crippen molar-refractivity contribution in [2.24, 2.45) is 0 Å². The van der Waals surface area contributed by atoms with Gasteiger partial charge in [-0.2, -0.15) is 0 Å². The smallest absolute Gasteiger partial charge is 0.134 e. The van der Waals surface area contributed by atoms with E-state index < -0.39 is 0 Å². The molecule has 92 valence electrons. The summed E-state index contributed by atoms with van der Waals surface area (Å²) < 4.78 is 0. The summed E-state index contributed by atoms with van der Waals surface area (Å²) in [4.78, 5) is 0. The molecule has 0 aliphatic carbocycles. The summed E-state index contributed by atoms with van der Waals surface area (Å²) >= 11 is 1.75. The van der Waals surface area contributed by atoms with Gasteiger partial charge in [-0.1, -0.05) is 46.0 Å². The highest BCUT2D eigenvalue weighted by atomic mass is 32.1. The molecule has 1 N–H and O–H groups in total. The Morgan fingerprint density at radius 2 is 1.94 bits per heavy atom. The SMILES string of the molecule is CCNC(CC)c1nnc(C(C)(C)CC)s1. The van der Waals surface area contributed by atoms with E-state index in [0.717, 1.165) is 29.4 Å². The van der Waals surface area contributed by atoms with Crippen LogP contribution in [0.25, 0.3) is 0 Å². The molecule has 16 heavy (non-hydrogen) atoms. The second kappa shape index (κ2) is 5.73. The molecule has 0 aliphatic heterocycles. The molecule has 0 spiro atoms. The number of hydrogen-bond donors (Lipinski definition) is 1. The van der Waals surface area contributed by atoms with E-state index in [0.29, 0.717) is 6.04 Å². The normalized spacial score (nSPS) is 14.1. The van der Waals surface area contributed by atoms with Gasteiger partial charge in [0.05, 0.1) is 6.04 Å². The highest BCUT2D eigenvalue weighted by Crippen LogP contribution is 2.31. The third-order valence-corrected chi connectivity index (χ3v) is 4.46. The Labute approximate surface area is 103 Å². The van der Waals surface area contributed by atoms with E-state index in [1.807, 2.05) is 0 Å². The van der Waals surface area contributed by atoms with E-state index in [1.54, 1.807) is 11.3 Å². The van der Waals surface area contributed by atoms with Gasteiger partial charge in [0.15, 0.2) is 0 Å². The van der Waals surface area contributed by atoms with E-state index in [2.05, 4.69) is 50.1 Å². The van der Waals surface area contributed by atoms with Crippen LogP contribution in [0.4, 0.5) is 0 Å². The van der Waals surface area contributed by atoms with Gasteiger partial charge in [0.2, 0.25) is 0 Å². The summed E-state index contributed by atoms with van der Waals surface area (Å²) in [5, 5.41) is 14.4. The lowest BCUT2D eigenvalue weighted by molar-refractivity contribution is 0.496. The van der Waals surface area contributed by atoms with Crippen LogP contribution < -0.4 is 5.32 Å². The van der Waals surface area contributed by atoms with E-state index in [4.69, 9.17) is 0 Å². The van der Waals surface area contributed by atoms with Crippen molar-refractivity contribution in [3.8, 4) is 0 Å². The molecule has 0 saturated heterocycles. The van der Waals surface area contributed by atoms with E-state index in [1.165, 1.54) is 0 Å². The van der Waals surface area contributed by atoms with E-state index in [-0.39, 0.29) is 5.41 Å². The first kappa shape index (κ1) is 13.6. The summed E-state index contributed by atoms with van der Waals surface area (Å²) in [6.45, 7) is 11.9. The fraction of sp³-hybridized carbons (Fsp3) is 0.833. The van der Waals surface area contributed by atoms with Gasteiger partial charge in [0.1, 0.15) is 10.0 Å². The van der Waals surface area contributed by atoms with Crippen LogP contribution in [0.2, 0.25) is 0 Å². The van der Waals surface area contributed by atoms with Crippen LogP contribution in [0.5, 0.6) is 0 Å². The molecule has 3 nitrogen and oxygen atoms in total. The molecule has 0 aliphatic rings. The average molecular weight is 241 g/mol. The summed E-state index contributed by atoms with van der Waals surface area (Å²) in [6, 6.07) is 0.365. The zero-order valence-electron chi connectivity index (χ0n) is 11.0. The molecule has 0 bridgehead atoms. The molecule has 0 aromatic carbocycles. The first-order chi connectivity index (χ1) is 7.55. The maximum atomic E-state index is 4.34. The maximum absolute atomic E-state index is 4.34. The Bertz CT molecular complexity index is 320. The molecule has 1 aromatic heterocycles. The minimum absolute atomic E-state index is 0.153. The standard InChI is InChI=1S/C12H23N3S/c1-6-9(13-8-3)10-14-15-11(16-10)12(4,5)7-2/h9,13H,6-8H2,1-5H3. The van der Waals surface area contributed by atoms with Crippen molar-refractivity contribution in [3.05, 3.63) is 10.0 Å². The van der Waals surface area contributed by atoms with E-state index >= 15 is 0 Å². The molecule has 0 amide bonds. The van der Waals surface area contributed by atoms with Gasteiger partial charge in [-0.05, 0) is 19.4 Å². The maximum Gasteiger partial charge on any atom is 0.134 e. The number of nitrogens with zero attached hydrogens (tertiary/aromatic N) is 2. The Kier molecular flexibility index (Phi) is 4.87. The fourth-order valence-electron chi connectivity index (χ4n) is 1.45. The number of aromatic nitrogens is 2. The van der Waals surface area contributed by atoms with Crippen LogP contribution in [0.3, 0.4) is 0 Å². The van der Waals surface area contributed by atoms with Crippen LogP contribution in [0.1, 0.15) is 63.5 Å². The molecule has 4 heteroatoms. The third kappa shape index (κ3) is 3.01. The predicted molar refractivity (Wildman–Crippen MR) is 69.9 cm³/mol. The minimum Gasteiger partial charge on any atom is -0.308 e. The number of nitrogens with one attached hydrogen (secondary N) is 1. The molecule has 1 atom stereocenters. The van der Waals surface area contributed by atoms with Gasteiger partial charge in [-0.15, -0.1) is 10.2 Å². The first-order valence-corrected chi connectivity index (χ1v) is 6.94. The van der Waals surface area contributed by atoms with Gasteiger partial charge in [0.25, 0.3) is 0 Å². The molecule has 0 saturated carbocycles. The molecule has 1 aromatic rings. The van der Waals surface area contributed by atoms with Crippen molar-refractivity contribution in [3.63, 3.8) is 0 Å². The summed E-state index contributed by atoms with van der Waals surface area (Å²) in [5.41, 5.74) is 0.153. The Balaban J connectivity index is 2.85. The van der Waals surface area contributed by atoms with Crippen LogP contribution in [-0.2, 0) is 5.41 Å². The zero-order chi connectivity index (χ0) is 12.2. The topological polar surface area (TPSA) is 37.8 Å². The van der Waals surface area contributed by atoms with Crippen molar-refractivity contribution in [2.45, 2.75) is 58.9 Å². The Hall–Kier alpha value is -0.480. The second-order valence-electron chi connectivity index (χ2n) is 4.70. The Morgan fingerprint density at radius 3 is 2.44 bits per heavy atom. The molecule has 1 rings (SSSR count). The van der Waals surface area contributed by atoms with Gasteiger partial charge >= 0.3 is 0 Å². The van der Waals surface area contributed by atoms with Crippen LogP contribution in [-0.4, -0.2) is 16.7 Å². The minimum atomic E-state index is 0.153. The molecule has 0 fully saturated rings. The van der Waals surface area contributed by atoms with Crippen LogP contribution in [0, 0.1) is 0 Å². The number of rotatable bonds is 6. The van der Waals surface area contributed by atoms with Crippen molar-refractivity contribution >= 4 is 11.3 Å². The zero-order valence-corrected chi connectivity index (χ0v) is 11.8. The highest BCUT2D eigenvalue weighted by molar-refractivity contribution is 7.11. The molecule has 1 unspecified atom stereocenters. The molecule has 1 heterocycles. The molecular weight excluding hydrogens is 218 g/mol. The largest absolute Gasteiger partial charge is 0.308 e. The molecular formula is C12H23N3S. The van der Waals surface area contributed by atoms with Gasteiger partial charge in [-0.3, -0.25) is 0 Å².